The summed E-state index contributed by atoms with van der Waals surface area (Å²) >= 11 is 0. The number of nitrogens with zero attached hydrogens (tertiary/aromatic N) is 3. The first-order valence-electron chi connectivity index (χ1n) is 8.98. The van der Waals surface area contributed by atoms with E-state index in [1.807, 2.05) is 6.07 Å². The maximum Gasteiger partial charge on any atom is 0.313 e. The van der Waals surface area contributed by atoms with E-state index in [9.17, 15) is 19.8 Å². The first-order chi connectivity index (χ1) is 13.0. The van der Waals surface area contributed by atoms with Gasteiger partial charge in [0.05, 0.1) is 12.2 Å². The lowest BCUT2D eigenvalue weighted by atomic mass is 10.1. The Kier molecular flexibility index (Phi) is 4.63. The molecule has 0 radical (unpaired) electrons. The first kappa shape index (κ1) is 17.6. The van der Waals surface area contributed by atoms with E-state index in [1.165, 1.54) is 0 Å². The largest absolute Gasteiger partial charge is 0.391 e. The Labute approximate surface area is 155 Å². The predicted octanol–water partition coefficient (Wildman–Crippen LogP) is 0.242. The number of aromatic nitrogens is 3. The van der Waals surface area contributed by atoms with Crippen molar-refractivity contribution in [3.8, 4) is 11.4 Å². The number of aliphatic hydroxyl groups excluding tert-OH is 2. The molecule has 1 saturated carbocycles. The molecule has 1 aliphatic carbocycles. The molecular weight excluding hydrogens is 350 g/mol. The Hall–Kier alpha value is -2.78. The van der Waals surface area contributed by atoms with E-state index in [4.69, 9.17) is 0 Å². The van der Waals surface area contributed by atoms with E-state index in [0.29, 0.717) is 17.4 Å². The minimum atomic E-state index is -0.833. The number of aromatic amines is 1. The number of β-amino-alcohol motifs (C(OH)–C–C–N with tert-alkyl or cyclic N) is 2. The number of benzene rings is 1. The fraction of sp³-hybridized carbons (Fsp3) is 0.444. The number of piperidine rings is 1. The predicted molar refractivity (Wildman–Crippen MR) is 95.6 cm³/mol. The summed E-state index contributed by atoms with van der Waals surface area (Å²) in [6, 6.07) is 6.94. The van der Waals surface area contributed by atoms with E-state index in [0.717, 1.165) is 29.1 Å². The van der Waals surface area contributed by atoms with Gasteiger partial charge in [0.1, 0.15) is 5.82 Å². The van der Waals surface area contributed by atoms with Crippen molar-refractivity contribution in [1.82, 2.24) is 20.1 Å². The number of rotatable bonds is 3. The molecule has 2 fully saturated rings. The molecule has 2 amide bonds. The Morgan fingerprint density at radius 1 is 1.19 bits per heavy atom. The second-order valence-corrected chi connectivity index (χ2v) is 7.11. The molecule has 2 atom stereocenters. The third-order valence-electron chi connectivity index (χ3n) is 4.73. The molecule has 0 unspecified atom stereocenters. The molecule has 2 heterocycles. The number of nitrogens with one attached hydrogen (secondary N) is 2. The lowest BCUT2D eigenvalue weighted by Crippen LogP contribution is -2.51. The van der Waals surface area contributed by atoms with Gasteiger partial charge in [-0.1, -0.05) is 12.1 Å². The van der Waals surface area contributed by atoms with Crippen LogP contribution >= 0.6 is 0 Å². The average molecular weight is 371 g/mol. The molecule has 2 aliphatic rings. The van der Waals surface area contributed by atoms with Gasteiger partial charge in [-0.3, -0.25) is 14.7 Å². The molecule has 9 nitrogen and oxygen atoms in total. The summed E-state index contributed by atoms with van der Waals surface area (Å²) in [4.78, 5) is 30.2. The van der Waals surface area contributed by atoms with Crippen LogP contribution in [0.25, 0.3) is 11.4 Å². The van der Waals surface area contributed by atoms with Crippen molar-refractivity contribution in [3.63, 3.8) is 0 Å². The van der Waals surface area contributed by atoms with Crippen LogP contribution in [0.15, 0.2) is 24.3 Å². The van der Waals surface area contributed by atoms with Crippen molar-refractivity contribution in [2.75, 3.05) is 18.4 Å². The van der Waals surface area contributed by atoms with Crippen LogP contribution in [0.1, 0.15) is 31.0 Å². The molecule has 1 aromatic heterocycles. The van der Waals surface area contributed by atoms with Crippen LogP contribution in [0.5, 0.6) is 0 Å². The Morgan fingerprint density at radius 2 is 1.93 bits per heavy atom. The highest BCUT2D eigenvalue weighted by Gasteiger charge is 2.31. The number of hydrogen-bond donors (Lipinski definition) is 4. The minimum absolute atomic E-state index is 0.0322. The fourth-order valence-corrected chi connectivity index (χ4v) is 3.22. The van der Waals surface area contributed by atoms with Crippen LogP contribution in [-0.4, -0.2) is 67.4 Å². The fourth-order valence-electron chi connectivity index (χ4n) is 3.22. The highest BCUT2D eigenvalue weighted by atomic mass is 16.3. The summed E-state index contributed by atoms with van der Waals surface area (Å²) in [5, 5.41) is 29.1. The van der Waals surface area contributed by atoms with Crippen molar-refractivity contribution in [2.24, 2.45) is 0 Å². The van der Waals surface area contributed by atoms with Gasteiger partial charge >= 0.3 is 11.8 Å². The number of anilines is 1. The smallest absolute Gasteiger partial charge is 0.313 e. The zero-order chi connectivity index (χ0) is 19.0. The van der Waals surface area contributed by atoms with Crippen molar-refractivity contribution < 1.29 is 19.8 Å². The molecule has 0 bridgehead atoms. The van der Waals surface area contributed by atoms with Crippen LogP contribution in [0.4, 0.5) is 5.69 Å². The van der Waals surface area contributed by atoms with E-state index < -0.39 is 24.0 Å². The van der Waals surface area contributed by atoms with E-state index >= 15 is 0 Å². The van der Waals surface area contributed by atoms with Crippen molar-refractivity contribution in [1.29, 1.82) is 0 Å². The van der Waals surface area contributed by atoms with Gasteiger partial charge in [-0.15, -0.1) is 0 Å². The molecule has 27 heavy (non-hydrogen) atoms. The van der Waals surface area contributed by atoms with Crippen LogP contribution < -0.4 is 5.32 Å². The second kappa shape index (κ2) is 7.09. The van der Waals surface area contributed by atoms with Crippen LogP contribution in [0.2, 0.25) is 0 Å². The van der Waals surface area contributed by atoms with E-state index in [1.54, 1.807) is 18.2 Å². The summed E-state index contributed by atoms with van der Waals surface area (Å²) in [5.41, 5.74) is 1.17. The zero-order valence-corrected chi connectivity index (χ0v) is 14.6. The average Bonchev–Trinajstić information content (AvgIpc) is 3.37. The maximum atomic E-state index is 12.3. The van der Waals surface area contributed by atoms with Crippen LogP contribution in [0.3, 0.4) is 0 Å². The van der Waals surface area contributed by atoms with Crippen LogP contribution in [0, 0.1) is 0 Å². The van der Waals surface area contributed by atoms with Gasteiger partial charge in [0.15, 0.2) is 5.82 Å². The highest BCUT2D eigenvalue weighted by Crippen LogP contribution is 2.38. The molecule has 1 saturated heterocycles. The highest BCUT2D eigenvalue weighted by molar-refractivity contribution is 6.39. The first-order valence-corrected chi connectivity index (χ1v) is 8.98. The van der Waals surface area contributed by atoms with Gasteiger partial charge in [0.25, 0.3) is 0 Å². The number of aliphatic hydroxyl groups is 2. The van der Waals surface area contributed by atoms with Gasteiger partial charge in [0.2, 0.25) is 0 Å². The number of carbonyl (C=O) groups is 2. The molecule has 4 rings (SSSR count). The Bertz CT molecular complexity index is 853. The lowest BCUT2D eigenvalue weighted by molar-refractivity contribution is -0.147. The van der Waals surface area contributed by atoms with Crippen molar-refractivity contribution in [2.45, 2.75) is 37.4 Å². The van der Waals surface area contributed by atoms with Gasteiger partial charge < -0.3 is 20.4 Å². The minimum Gasteiger partial charge on any atom is -0.391 e. The summed E-state index contributed by atoms with van der Waals surface area (Å²) in [6.07, 6.45) is 0.771. The van der Waals surface area contributed by atoms with E-state index in [2.05, 4.69) is 20.5 Å². The van der Waals surface area contributed by atoms with Gasteiger partial charge in [0, 0.05) is 36.7 Å². The van der Waals surface area contributed by atoms with Crippen molar-refractivity contribution in [3.05, 3.63) is 30.1 Å². The zero-order valence-electron chi connectivity index (χ0n) is 14.6. The summed E-state index contributed by atoms with van der Waals surface area (Å²) in [5.74, 6) is 0.273. The molecular formula is C18H21N5O4. The molecule has 1 aliphatic heterocycles. The van der Waals surface area contributed by atoms with Gasteiger partial charge in [-0.2, -0.15) is 5.10 Å². The van der Waals surface area contributed by atoms with Gasteiger partial charge in [-0.05, 0) is 25.0 Å². The number of carbonyl (C=O) groups excluding carboxylic acids is 2. The maximum absolute atomic E-state index is 12.3. The number of amides is 2. The Balaban J connectivity index is 1.44. The topological polar surface area (TPSA) is 131 Å². The number of hydrogen-bond acceptors (Lipinski definition) is 6. The molecule has 2 aromatic rings. The van der Waals surface area contributed by atoms with E-state index in [-0.39, 0.29) is 19.5 Å². The molecule has 1 aromatic carbocycles. The quantitative estimate of drug-likeness (QED) is 0.572. The van der Waals surface area contributed by atoms with Crippen molar-refractivity contribution >= 4 is 17.5 Å². The monoisotopic (exact) mass is 371 g/mol. The van der Waals surface area contributed by atoms with Gasteiger partial charge in [-0.25, -0.2) is 4.98 Å². The number of likely N-dealkylation sites (tertiary alicyclic amines) is 1. The molecule has 142 valence electrons. The standard InChI is InChI=1S/C18H21N5O4/c24-13-7-14(25)9-23(8-13)18(27)17(26)19-12-3-1-2-11(6-12)16-20-15(21-22-16)10-4-5-10/h1-3,6,10,13-14,24-25H,4-5,7-9H2,(H,19,26)(H,20,21,22)/t13-,14-/m0/s1. The summed E-state index contributed by atoms with van der Waals surface area (Å²) < 4.78 is 0. The van der Waals surface area contributed by atoms with Crippen LogP contribution in [-0.2, 0) is 9.59 Å². The molecule has 9 heteroatoms. The Morgan fingerprint density at radius 3 is 2.63 bits per heavy atom. The molecule has 4 N–H and O–H groups in total. The third-order valence-corrected chi connectivity index (χ3v) is 4.73. The SMILES string of the molecule is O=C(Nc1cccc(-c2n[nH]c(C3CC3)n2)c1)C(=O)N1C[C@@H](O)C[C@H](O)C1. The lowest BCUT2D eigenvalue weighted by Gasteiger charge is -2.32. The summed E-state index contributed by atoms with van der Waals surface area (Å²) in [6.45, 7) is 0.0645. The number of H-pyrrole nitrogens is 1. The molecule has 0 spiro atoms. The third kappa shape index (κ3) is 3.99. The second-order valence-electron chi connectivity index (χ2n) is 7.11. The normalized spacial score (nSPS) is 22.5. The summed E-state index contributed by atoms with van der Waals surface area (Å²) in [7, 11) is 0.